The van der Waals surface area contributed by atoms with E-state index in [2.05, 4.69) is 0 Å². The van der Waals surface area contributed by atoms with Gasteiger partial charge in [-0.05, 0) is 31.9 Å². The molecule has 0 amide bonds. The number of benzene rings is 1. The highest BCUT2D eigenvalue weighted by molar-refractivity contribution is 6.37. The number of carbonyl (C=O) groups is 4. The van der Waals surface area contributed by atoms with Crippen molar-refractivity contribution in [1.82, 2.24) is 0 Å². The van der Waals surface area contributed by atoms with Gasteiger partial charge in [0.05, 0.1) is 0 Å². The highest BCUT2D eigenvalue weighted by Crippen LogP contribution is 2.59. The van der Waals surface area contributed by atoms with Gasteiger partial charge in [-0.3, -0.25) is 19.2 Å². The van der Waals surface area contributed by atoms with Crippen molar-refractivity contribution in [2.24, 2.45) is 10.8 Å². The first-order chi connectivity index (χ1) is 10.9. The standard InChI is InChI=1S/C19H14O4/c1-11-8-9-18-14(20)6-7-15(21)19(18,10-11)17(23)13-5-3-2-4-12(13)16(18)22/h2-8H,9-10H2,1H3. The monoisotopic (exact) mass is 306 g/mol. The van der Waals surface area contributed by atoms with E-state index in [1.54, 1.807) is 24.3 Å². The van der Waals surface area contributed by atoms with Gasteiger partial charge in [0.2, 0.25) is 0 Å². The third-order valence-electron chi connectivity index (χ3n) is 5.45. The maximum absolute atomic E-state index is 13.3. The molecule has 23 heavy (non-hydrogen) atoms. The Hall–Kier alpha value is -2.62. The third-order valence-corrected chi connectivity index (χ3v) is 5.45. The van der Waals surface area contributed by atoms with Crippen LogP contribution in [-0.2, 0) is 9.59 Å². The first-order valence-electron chi connectivity index (χ1n) is 7.56. The van der Waals surface area contributed by atoms with Crippen molar-refractivity contribution >= 4 is 23.1 Å². The van der Waals surface area contributed by atoms with Crippen molar-refractivity contribution in [1.29, 1.82) is 0 Å². The molecule has 0 spiro atoms. The minimum Gasteiger partial charge on any atom is -0.294 e. The Labute approximate surface area is 132 Å². The van der Waals surface area contributed by atoms with Crippen LogP contribution in [0.2, 0.25) is 0 Å². The van der Waals surface area contributed by atoms with E-state index in [1.807, 2.05) is 13.0 Å². The van der Waals surface area contributed by atoms with Gasteiger partial charge in [0.25, 0.3) is 0 Å². The second-order valence-electron chi connectivity index (χ2n) is 6.51. The van der Waals surface area contributed by atoms with Gasteiger partial charge in [-0.25, -0.2) is 0 Å². The fourth-order valence-electron chi connectivity index (χ4n) is 4.31. The van der Waals surface area contributed by atoms with E-state index in [9.17, 15) is 19.2 Å². The van der Waals surface area contributed by atoms with Gasteiger partial charge < -0.3 is 0 Å². The Balaban J connectivity index is 2.15. The molecule has 4 heteroatoms. The summed E-state index contributed by atoms with van der Waals surface area (Å²) >= 11 is 0. The number of Topliss-reactive ketones (excluding diaryl/α,β-unsaturated/α-hetero) is 2. The van der Waals surface area contributed by atoms with Crippen molar-refractivity contribution in [3.63, 3.8) is 0 Å². The number of allylic oxidation sites excluding steroid dienone is 4. The minimum absolute atomic E-state index is 0.104. The molecule has 3 aliphatic carbocycles. The number of carbonyl (C=O) groups excluding carboxylic acids is 4. The second kappa shape index (κ2) is 4.22. The topological polar surface area (TPSA) is 68.3 Å². The molecule has 0 saturated heterocycles. The molecule has 0 heterocycles. The largest absolute Gasteiger partial charge is 0.294 e. The molecule has 0 radical (unpaired) electrons. The van der Waals surface area contributed by atoms with Gasteiger partial charge in [0, 0.05) is 11.1 Å². The molecule has 4 rings (SSSR count). The van der Waals surface area contributed by atoms with Crippen molar-refractivity contribution in [2.45, 2.75) is 19.8 Å². The summed E-state index contributed by atoms with van der Waals surface area (Å²) in [5, 5.41) is 0. The van der Waals surface area contributed by atoms with Crippen molar-refractivity contribution < 1.29 is 19.2 Å². The second-order valence-corrected chi connectivity index (χ2v) is 6.51. The summed E-state index contributed by atoms with van der Waals surface area (Å²) in [5.74, 6) is -1.67. The van der Waals surface area contributed by atoms with Gasteiger partial charge in [-0.1, -0.05) is 35.9 Å². The number of rotatable bonds is 0. The minimum atomic E-state index is -1.61. The molecule has 0 saturated carbocycles. The summed E-state index contributed by atoms with van der Waals surface area (Å²) < 4.78 is 0. The van der Waals surface area contributed by atoms with E-state index in [0.717, 1.165) is 17.7 Å². The average molecular weight is 306 g/mol. The smallest absolute Gasteiger partial charge is 0.179 e. The van der Waals surface area contributed by atoms with Crippen LogP contribution < -0.4 is 0 Å². The number of hydrogen-bond acceptors (Lipinski definition) is 4. The van der Waals surface area contributed by atoms with Crippen molar-refractivity contribution in [3.8, 4) is 0 Å². The van der Waals surface area contributed by atoms with E-state index >= 15 is 0 Å². The molecular weight excluding hydrogens is 292 g/mol. The average Bonchev–Trinajstić information content (AvgIpc) is 2.56. The fraction of sp³-hybridized carbons (Fsp3) is 0.263. The zero-order chi connectivity index (χ0) is 16.4. The molecule has 0 N–H and O–H groups in total. The molecule has 0 bridgehead atoms. The van der Waals surface area contributed by atoms with Crippen LogP contribution in [0.4, 0.5) is 0 Å². The first kappa shape index (κ1) is 14.0. The molecule has 1 aromatic carbocycles. The normalized spacial score (nSPS) is 32.1. The molecule has 0 fully saturated rings. The van der Waals surface area contributed by atoms with Gasteiger partial charge in [-0.2, -0.15) is 0 Å². The summed E-state index contributed by atoms with van der Waals surface area (Å²) in [6, 6.07) is 6.47. The molecule has 0 aromatic heterocycles. The van der Waals surface area contributed by atoms with Crippen LogP contribution in [0.3, 0.4) is 0 Å². The maximum atomic E-state index is 13.3. The molecule has 3 aliphatic rings. The van der Waals surface area contributed by atoms with Gasteiger partial charge in [-0.15, -0.1) is 0 Å². The van der Waals surface area contributed by atoms with Crippen LogP contribution in [0.5, 0.6) is 0 Å². The lowest BCUT2D eigenvalue weighted by Gasteiger charge is -2.51. The van der Waals surface area contributed by atoms with Gasteiger partial charge in [0.15, 0.2) is 23.1 Å². The van der Waals surface area contributed by atoms with Crippen LogP contribution in [0.1, 0.15) is 40.5 Å². The first-order valence-corrected chi connectivity index (χ1v) is 7.56. The number of fused-ring (bicyclic) bond motifs is 1. The zero-order valence-corrected chi connectivity index (χ0v) is 12.6. The highest BCUT2D eigenvalue weighted by atomic mass is 16.2. The molecule has 2 unspecified atom stereocenters. The SMILES string of the molecule is CC1=CCC23C(=O)C=CC(=O)C2(C1)C(=O)c1ccccc1C3=O. The van der Waals surface area contributed by atoms with Crippen LogP contribution in [0, 0.1) is 10.8 Å². The molecule has 1 aromatic rings. The van der Waals surface area contributed by atoms with Crippen molar-refractivity contribution in [3.05, 3.63) is 59.2 Å². The Morgan fingerprint density at radius 3 is 1.96 bits per heavy atom. The summed E-state index contributed by atoms with van der Waals surface area (Å²) in [4.78, 5) is 52.0. The fourth-order valence-corrected chi connectivity index (χ4v) is 4.31. The molecular formula is C19H14O4. The summed E-state index contributed by atoms with van der Waals surface area (Å²) in [6.07, 6.45) is 4.36. The van der Waals surface area contributed by atoms with E-state index in [1.165, 1.54) is 0 Å². The van der Waals surface area contributed by atoms with Crippen LogP contribution >= 0.6 is 0 Å². The Bertz CT molecular complexity index is 873. The Morgan fingerprint density at radius 2 is 1.35 bits per heavy atom. The summed E-state index contributed by atoms with van der Waals surface area (Å²) in [7, 11) is 0. The number of ketones is 4. The van der Waals surface area contributed by atoms with Crippen molar-refractivity contribution in [2.75, 3.05) is 0 Å². The Kier molecular flexibility index (Phi) is 2.57. The van der Waals surface area contributed by atoms with Crippen LogP contribution in [0.25, 0.3) is 0 Å². The zero-order valence-electron chi connectivity index (χ0n) is 12.6. The molecule has 0 aliphatic heterocycles. The maximum Gasteiger partial charge on any atom is 0.179 e. The quantitative estimate of drug-likeness (QED) is 0.545. The predicted molar refractivity (Wildman–Crippen MR) is 82.1 cm³/mol. The lowest BCUT2D eigenvalue weighted by Crippen LogP contribution is -2.65. The summed E-state index contributed by atoms with van der Waals surface area (Å²) in [5.41, 5.74) is -1.86. The van der Waals surface area contributed by atoms with Gasteiger partial charge >= 0.3 is 0 Å². The highest BCUT2D eigenvalue weighted by Gasteiger charge is 2.71. The van der Waals surface area contributed by atoms with Crippen LogP contribution in [0.15, 0.2) is 48.1 Å². The predicted octanol–water partition coefficient (Wildman–Crippen LogP) is 2.49. The molecule has 114 valence electrons. The lowest BCUT2D eigenvalue weighted by molar-refractivity contribution is -0.139. The molecule has 4 nitrogen and oxygen atoms in total. The van der Waals surface area contributed by atoms with E-state index in [-0.39, 0.29) is 24.0 Å². The lowest BCUT2D eigenvalue weighted by atomic mass is 9.44. The number of hydrogen-bond donors (Lipinski definition) is 0. The van der Waals surface area contributed by atoms with Crippen LogP contribution in [-0.4, -0.2) is 23.1 Å². The summed E-state index contributed by atoms with van der Waals surface area (Å²) in [6.45, 7) is 1.83. The van der Waals surface area contributed by atoms with E-state index in [4.69, 9.17) is 0 Å². The molecule has 2 atom stereocenters. The van der Waals surface area contributed by atoms with E-state index < -0.39 is 34.0 Å². The van der Waals surface area contributed by atoms with E-state index in [0.29, 0.717) is 0 Å². The van der Waals surface area contributed by atoms with Gasteiger partial charge in [0.1, 0.15) is 10.8 Å². The Morgan fingerprint density at radius 1 is 0.826 bits per heavy atom. The third kappa shape index (κ3) is 1.37.